The lowest BCUT2D eigenvalue weighted by atomic mass is 10.2. The SMILES string of the molecule is CN(CCC#N)c1ccc(/C=N/N)cc1. The van der Waals surface area contributed by atoms with Crippen LogP contribution >= 0.6 is 0 Å². The van der Waals surface area contributed by atoms with Gasteiger partial charge in [-0.2, -0.15) is 10.4 Å². The van der Waals surface area contributed by atoms with Crippen molar-refractivity contribution in [1.82, 2.24) is 0 Å². The Morgan fingerprint density at radius 1 is 1.47 bits per heavy atom. The van der Waals surface area contributed by atoms with Crippen molar-refractivity contribution in [2.75, 3.05) is 18.5 Å². The zero-order chi connectivity index (χ0) is 11.1. The molecule has 4 heteroatoms. The fraction of sp³-hybridized carbons (Fsp3) is 0.273. The van der Waals surface area contributed by atoms with Gasteiger partial charge in [-0.1, -0.05) is 12.1 Å². The van der Waals surface area contributed by atoms with Crippen LogP contribution in [-0.4, -0.2) is 19.8 Å². The Kier molecular flexibility index (Phi) is 4.17. The minimum Gasteiger partial charge on any atom is -0.374 e. The van der Waals surface area contributed by atoms with Gasteiger partial charge in [-0.05, 0) is 17.7 Å². The molecule has 0 aliphatic rings. The van der Waals surface area contributed by atoms with Gasteiger partial charge in [-0.15, -0.1) is 0 Å². The monoisotopic (exact) mass is 202 g/mol. The first-order valence-electron chi connectivity index (χ1n) is 4.69. The molecule has 1 aromatic carbocycles. The summed E-state index contributed by atoms with van der Waals surface area (Å²) in [5.41, 5.74) is 2.05. The fourth-order valence-corrected chi connectivity index (χ4v) is 1.25. The third-order valence-corrected chi connectivity index (χ3v) is 2.12. The van der Waals surface area contributed by atoms with Gasteiger partial charge < -0.3 is 10.7 Å². The first kappa shape index (κ1) is 11.1. The van der Waals surface area contributed by atoms with Crippen LogP contribution in [0, 0.1) is 11.3 Å². The number of nitrogens with zero attached hydrogens (tertiary/aromatic N) is 3. The largest absolute Gasteiger partial charge is 0.374 e. The molecular weight excluding hydrogens is 188 g/mol. The van der Waals surface area contributed by atoms with Gasteiger partial charge in [0.2, 0.25) is 0 Å². The Hall–Kier alpha value is -2.02. The number of rotatable bonds is 4. The van der Waals surface area contributed by atoms with Crippen molar-refractivity contribution >= 4 is 11.9 Å². The lowest BCUT2D eigenvalue weighted by Gasteiger charge is -2.17. The minimum atomic E-state index is 0.530. The van der Waals surface area contributed by atoms with E-state index in [4.69, 9.17) is 11.1 Å². The number of nitriles is 1. The predicted molar refractivity (Wildman–Crippen MR) is 61.7 cm³/mol. The Morgan fingerprint density at radius 3 is 2.67 bits per heavy atom. The van der Waals surface area contributed by atoms with E-state index in [1.54, 1.807) is 6.21 Å². The van der Waals surface area contributed by atoms with Gasteiger partial charge in [0.15, 0.2) is 0 Å². The molecule has 0 amide bonds. The van der Waals surface area contributed by atoms with Crippen LogP contribution in [0.25, 0.3) is 0 Å². The zero-order valence-electron chi connectivity index (χ0n) is 8.72. The van der Waals surface area contributed by atoms with Crippen molar-refractivity contribution in [3.63, 3.8) is 0 Å². The number of anilines is 1. The molecular formula is C11H14N4. The molecule has 1 rings (SSSR count). The van der Waals surface area contributed by atoms with E-state index >= 15 is 0 Å². The molecule has 0 radical (unpaired) electrons. The van der Waals surface area contributed by atoms with Crippen molar-refractivity contribution < 1.29 is 0 Å². The maximum atomic E-state index is 8.47. The molecule has 0 aromatic heterocycles. The molecule has 0 aliphatic heterocycles. The second kappa shape index (κ2) is 5.66. The van der Waals surface area contributed by atoms with E-state index < -0.39 is 0 Å². The quantitative estimate of drug-likeness (QED) is 0.455. The van der Waals surface area contributed by atoms with Crippen molar-refractivity contribution in [1.29, 1.82) is 5.26 Å². The Bertz CT molecular complexity index is 361. The third-order valence-electron chi connectivity index (χ3n) is 2.12. The van der Waals surface area contributed by atoms with Crippen LogP contribution in [-0.2, 0) is 0 Å². The van der Waals surface area contributed by atoms with Gasteiger partial charge >= 0.3 is 0 Å². The van der Waals surface area contributed by atoms with E-state index in [-0.39, 0.29) is 0 Å². The van der Waals surface area contributed by atoms with Crippen molar-refractivity contribution in [2.24, 2.45) is 10.9 Å². The molecule has 1 aromatic rings. The number of hydrogen-bond acceptors (Lipinski definition) is 4. The molecule has 0 aliphatic carbocycles. The van der Waals surface area contributed by atoms with Gasteiger partial charge in [-0.3, -0.25) is 0 Å². The van der Waals surface area contributed by atoms with E-state index in [0.29, 0.717) is 6.42 Å². The lowest BCUT2D eigenvalue weighted by molar-refractivity contribution is 0.905. The van der Waals surface area contributed by atoms with Crippen LogP contribution in [0.15, 0.2) is 29.4 Å². The molecule has 0 atom stereocenters. The highest BCUT2D eigenvalue weighted by Gasteiger charge is 1.99. The minimum absolute atomic E-state index is 0.530. The summed E-state index contributed by atoms with van der Waals surface area (Å²) in [6.45, 7) is 0.737. The predicted octanol–water partition coefficient (Wildman–Crippen LogP) is 1.33. The Balaban J connectivity index is 2.67. The van der Waals surface area contributed by atoms with E-state index in [2.05, 4.69) is 11.2 Å². The first-order chi connectivity index (χ1) is 7.27. The Labute approximate surface area is 89.6 Å². The summed E-state index contributed by atoms with van der Waals surface area (Å²) in [5, 5.41) is 11.9. The molecule has 0 unspecified atom stereocenters. The number of benzene rings is 1. The van der Waals surface area contributed by atoms with Crippen LogP contribution in [0.2, 0.25) is 0 Å². The van der Waals surface area contributed by atoms with Crippen LogP contribution in [0.4, 0.5) is 5.69 Å². The molecule has 0 heterocycles. The maximum Gasteiger partial charge on any atom is 0.0640 e. The standard InChI is InChI=1S/C11H14N4/c1-15(8-2-7-12)11-5-3-10(4-6-11)9-14-13/h3-6,9H,2,8,13H2,1H3/b14-9+. The average Bonchev–Trinajstić information content (AvgIpc) is 2.27. The molecule has 0 saturated heterocycles. The summed E-state index contributed by atoms with van der Waals surface area (Å²) in [5.74, 6) is 5.05. The fourth-order valence-electron chi connectivity index (χ4n) is 1.25. The molecule has 78 valence electrons. The third kappa shape index (κ3) is 3.31. The van der Waals surface area contributed by atoms with Crippen LogP contribution in [0.5, 0.6) is 0 Å². The molecule has 0 fully saturated rings. The summed E-state index contributed by atoms with van der Waals surface area (Å²) < 4.78 is 0. The van der Waals surface area contributed by atoms with E-state index in [1.165, 1.54) is 0 Å². The molecule has 0 spiro atoms. The number of hydrazone groups is 1. The van der Waals surface area contributed by atoms with Gasteiger partial charge in [-0.25, -0.2) is 0 Å². The van der Waals surface area contributed by atoms with E-state index in [0.717, 1.165) is 17.8 Å². The second-order valence-corrected chi connectivity index (χ2v) is 3.20. The summed E-state index contributed by atoms with van der Waals surface area (Å²) in [6.07, 6.45) is 2.13. The first-order valence-corrected chi connectivity index (χ1v) is 4.69. The highest BCUT2D eigenvalue weighted by atomic mass is 15.1. The summed E-state index contributed by atoms with van der Waals surface area (Å²) in [6, 6.07) is 9.96. The number of hydrogen-bond donors (Lipinski definition) is 1. The Morgan fingerprint density at radius 2 is 2.13 bits per heavy atom. The molecule has 0 saturated carbocycles. The zero-order valence-corrected chi connectivity index (χ0v) is 8.72. The van der Waals surface area contributed by atoms with Gasteiger partial charge in [0.1, 0.15) is 0 Å². The van der Waals surface area contributed by atoms with E-state index in [1.807, 2.05) is 36.2 Å². The smallest absolute Gasteiger partial charge is 0.0640 e. The molecule has 15 heavy (non-hydrogen) atoms. The summed E-state index contributed by atoms with van der Waals surface area (Å²) >= 11 is 0. The highest BCUT2D eigenvalue weighted by Crippen LogP contribution is 2.12. The molecule has 0 bridgehead atoms. The normalized spacial score (nSPS) is 10.1. The average molecular weight is 202 g/mol. The second-order valence-electron chi connectivity index (χ2n) is 3.20. The lowest BCUT2D eigenvalue weighted by Crippen LogP contribution is -2.17. The number of nitrogens with two attached hydrogens (primary N) is 1. The topological polar surface area (TPSA) is 65.4 Å². The van der Waals surface area contributed by atoms with Gasteiger partial charge in [0, 0.05) is 19.3 Å². The van der Waals surface area contributed by atoms with Crippen molar-refractivity contribution in [2.45, 2.75) is 6.42 Å². The maximum absolute atomic E-state index is 8.47. The van der Waals surface area contributed by atoms with Gasteiger partial charge in [0.25, 0.3) is 0 Å². The summed E-state index contributed by atoms with van der Waals surface area (Å²) in [4.78, 5) is 2.03. The molecule has 4 nitrogen and oxygen atoms in total. The van der Waals surface area contributed by atoms with Crippen LogP contribution in [0.3, 0.4) is 0 Å². The van der Waals surface area contributed by atoms with Crippen molar-refractivity contribution in [3.05, 3.63) is 29.8 Å². The van der Waals surface area contributed by atoms with Crippen LogP contribution in [0.1, 0.15) is 12.0 Å². The van der Waals surface area contributed by atoms with Gasteiger partial charge in [0.05, 0.1) is 18.7 Å². The van der Waals surface area contributed by atoms with Crippen LogP contribution < -0.4 is 10.7 Å². The molecule has 2 N–H and O–H groups in total. The van der Waals surface area contributed by atoms with E-state index in [9.17, 15) is 0 Å². The van der Waals surface area contributed by atoms with Crippen molar-refractivity contribution in [3.8, 4) is 6.07 Å². The summed E-state index contributed by atoms with van der Waals surface area (Å²) in [7, 11) is 1.96. The highest BCUT2D eigenvalue weighted by molar-refractivity contribution is 5.80.